The Balaban J connectivity index is 2.58. The Morgan fingerprint density at radius 3 is 2.67 bits per heavy atom. The Kier molecular flexibility index (Phi) is 3.06. The zero-order valence-electron chi connectivity index (χ0n) is 10.5. The number of benzene rings is 1. The van der Waals surface area contributed by atoms with Crippen molar-refractivity contribution in [3.63, 3.8) is 0 Å². The van der Waals surface area contributed by atoms with Crippen LogP contribution in [0.1, 0.15) is 16.1 Å². The van der Waals surface area contributed by atoms with Crippen molar-refractivity contribution < 1.29 is 14.4 Å². The summed E-state index contributed by atoms with van der Waals surface area (Å²) >= 11 is 0. The highest BCUT2D eigenvalue weighted by atomic mass is 16.5. The molecule has 0 saturated carbocycles. The van der Waals surface area contributed by atoms with Crippen LogP contribution in [0, 0.1) is 6.92 Å². The molecule has 1 aromatic heterocycles. The first-order chi connectivity index (χ1) is 8.50. The summed E-state index contributed by atoms with van der Waals surface area (Å²) in [4.78, 5) is 12.8. The summed E-state index contributed by atoms with van der Waals surface area (Å²) in [5.41, 5.74) is 3.42. The Bertz CT molecular complexity index is 588. The van der Waals surface area contributed by atoms with Crippen LogP contribution in [0.15, 0.2) is 28.8 Å². The molecule has 0 aliphatic rings. The molecule has 5 heteroatoms. The van der Waals surface area contributed by atoms with Gasteiger partial charge in [-0.25, -0.2) is 4.79 Å². The number of anilines is 1. The monoisotopic (exact) mass is 246 g/mol. The van der Waals surface area contributed by atoms with E-state index >= 15 is 0 Å². The maximum absolute atomic E-state index is 10.8. The standard InChI is InChI=1S/C13H14N2O3/c1-8-5-4-6-10(15(2)3)12(8)9-7-11(13(16)17)18-14-9/h4-7H,1-3H3,(H,16,17). The van der Waals surface area contributed by atoms with Crippen molar-refractivity contribution in [1.82, 2.24) is 5.16 Å². The number of rotatable bonds is 3. The van der Waals surface area contributed by atoms with E-state index < -0.39 is 5.97 Å². The van der Waals surface area contributed by atoms with Crippen LogP contribution in [0.25, 0.3) is 11.3 Å². The van der Waals surface area contributed by atoms with Gasteiger partial charge >= 0.3 is 5.97 Å². The predicted molar refractivity (Wildman–Crippen MR) is 68.0 cm³/mol. The fraction of sp³-hybridized carbons (Fsp3) is 0.231. The molecule has 0 bridgehead atoms. The van der Waals surface area contributed by atoms with Gasteiger partial charge in [-0.2, -0.15) is 0 Å². The van der Waals surface area contributed by atoms with Crippen molar-refractivity contribution in [3.8, 4) is 11.3 Å². The lowest BCUT2D eigenvalue weighted by Gasteiger charge is -2.17. The van der Waals surface area contributed by atoms with Crippen molar-refractivity contribution in [1.29, 1.82) is 0 Å². The number of aryl methyl sites for hydroxylation is 1. The van der Waals surface area contributed by atoms with Crippen LogP contribution in [0.4, 0.5) is 5.69 Å². The van der Waals surface area contributed by atoms with Crippen LogP contribution in [0.3, 0.4) is 0 Å². The van der Waals surface area contributed by atoms with Crippen LogP contribution in [-0.4, -0.2) is 30.3 Å². The largest absolute Gasteiger partial charge is 0.475 e. The number of aromatic carboxylic acids is 1. The molecule has 2 rings (SSSR count). The molecule has 1 aromatic carbocycles. The molecule has 94 valence electrons. The summed E-state index contributed by atoms with van der Waals surface area (Å²) in [5.74, 6) is -1.27. The number of hydrogen-bond donors (Lipinski definition) is 1. The highest BCUT2D eigenvalue weighted by molar-refractivity contribution is 5.87. The smallest absolute Gasteiger partial charge is 0.374 e. The Morgan fingerprint density at radius 2 is 2.11 bits per heavy atom. The van der Waals surface area contributed by atoms with Gasteiger partial charge in [0.2, 0.25) is 5.76 Å². The molecular weight excluding hydrogens is 232 g/mol. The second-order valence-corrected chi connectivity index (χ2v) is 4.25. The van der Waals surface area contributed by atoms with E-state index in [4.69, 9.17) is 9.63 Å². The fourth-order valence-electron chi connectivity index (χ4n) is 1.85. The van der Waals surface area contributed by atoms with E-state index in [9.17, 15) is 4.79 Å². The number of nitrogens with zero attached hydrogens (tertiary/aromatic N) is 2. The maximum Gasteiger partial charge on any atom is 0.374 e. The van der Waals surface area contributed by atoms with Crippen LogP contribution in [-0.2, 0) is 0 Å². The highest BCUT2D eigenvalue weighted by Gasteiger charge is 2.17. The quantitative estimate of drug-likeness (QED) is 0.900. The topological polar surface area (TPSA) is 66.6 Å². The van der Waals surface area contributed by atoms with Crippen molar-refractivity contribution in [3.05, 3.63) is 35.6 Å². The number of carbonyl (C=O) groups is 1. The zero-order chi connectivity index (χ0) is 13.3. The molecule has 0 radical (unpaired) electrons. The first kappa shape index (κ1) is 12.2. The van der Waals surface area contributed by atoms with Gasteiger partial charge in [-0.3, -0.25) is 0 Å². The summed E-state index contributed by atoms with van der Waals surface area (Å²) in [6, 6.07) is 7.30. The third kappa shape index (κ3) is 2.07. The minimum Gasteiger partial charge on any atom is -0.475 e. The van der Waals surface area contributed by atoms with Gasteiger partial charge in [0.15, 0.2) is 0 Å². The van der Waals surface area contributed by atoms with E-state index in [0.29, 0.717) is 5.69 Å². The minimum atomic E-state index is -1.12. The van der Waals surface area contributed by atoms with Gasteiger partial charge in [-0.05, 0) is 18.6 Å². The van der Waals surface area contributed by atoms with E-state index in [-0.39, 0.29) is 5.76 Å². The van der Waals surface area contributed by atoms with Gasteiger partial charge < -0.3 is 14.5 Å². The number of aromatic nitrogens is 1. The van der Waals surface area contributed by atoms with Gasteiger partial charge in [0, 0.05) is 31.4 Å². The van der Waals surface area contributed by atoms with E-state index in [2.05, 4.69) is 5.16 Å². The van der Waals surface area contributed by atoms with E-state index in [1.165, 1.54) is 6.07 Å². The van der Waals surface area contributed by atoms with Crippen LogP contribution < -0.4 is 4.90 Å². The second-order valence-electron chi connectivity index (χ2n) is 4.25. The summed E-state index contributed by atoms with van der Waals surface area (Å²) < 4.78 is 4.80. The van der Waals surface area contributed by atoms with Crippen molar-refractivity contribution in [2.45, 2.75) is 6.92 Å². The highest BCUT2D eigenvalue weighted by Crippen LogP contribution is 2.32. The maximum atomic E-state index is 10.8. The summed E-state index contributed by atoms with van der Waals surface area (Å²) in [5, 5.41) is 12.7. The predicted octanol–water partition coefficient (Wildman–Crippen LogP) is 2.41. The molecule has 0 saturated heterocycles. The van der Waals surface area contributed by atoms with Crippen LogP contribution in [0.5, 0.6) is 0 Å². The second kappa shape index (κ2) is 4.52. The third-order valence-electron chi connectivity index (χ3n) is 2.71. The zero-order valence-corrected chi connectivity index (χ0v) is 10.5. The number of carboxylic acids is 1. The molecule has 0 aliphatic carbocycles. The molecular formula is C13H14N2O3. The van der Waals surface area contributed by atoms with E-state index in [0.717, 1.165) is 16.8 Å². The van der Waals surface area contributed by atoms with Crippen molar-refractivity contribution >= 4 is 11.7 Å². The SMILES string of the molecule is Cc1cccc(N(C)C)c1-c1cc(C(=O)O)on1. The van der Waals surface area contributed by atoms with Gasteiger partial charge in [0.25, 0.3) is 0 Å². The summed E-state index contributed by atoms with van der Waals surface area (Å²) in [6.45, 7) is 1.96. The molecule has 0 amide bonds. The molecule has 1 heterocycles. The average molecular weight is 246 g/mol. The van der Waals surface area contributed by atoms with Crippen molar-refractivity contribution in [2.24, 2.45) is 0 Å². The first-order valence-corrected chi connectivity index (χ1v) is 5.48. The average Bonchev–Trinajstić information content (AvgIpc) is 2.77. The Labute approximate surface area is 105 Å². The Hall–Kier alpha value is -2.30. The van der Waals surface area contributed by atoms with Crippen LogP contribution >= 0.6 is 0 Å². The van der Waals surface area contributed by atoms with Gasteiger partial charge in [-0.1, -0.05) is 17.3 Å². The fourth-order valence-corrected chi connectivity index (χ4v) is 1.85. The van der Waals surface area contributed by atoms with Crippen LogP contribution in [0.2, 0.25) is 0 Å². The lowest BCUT2D eigenvalue weighted by molar-refractivity contribution is 0.0652. The minimum absolute atomic E-state index is 0.155. The van der Waals surface area contributed by atoms with Gasteiger partial charge in [-0.15, -0.1) is 0 Å². The molecule has 0 unspecified atom stereocenters. The van der Waals surface area contributed by atoms with Crippen molar-refractivity contribution in [2.75, 3.05) is 19.0 Å². The number of hydrogen-bond acceptors (Lipinski definition) is 4. The summed E-state index contributed by atoms with van der Waals surface area (Å²) in [7, 11) is 3.85. The van der Waals surface area contributed by atoms with E-state index in [1.54, 1.807) is 0 Å². The van der Waals surface area contributed by atoms with Gasteiger partial charge in [0.1, 0.15) is 5.69 Å². The lowest BCUT2D eigenvalue weighted by atomic mass is 10.0. The molecule has 0 atom stereocenters. The normalized spacial score (nSPS) is 10.4. The molecule has 18 heavy (non-hydrogen) atoms. The molecule has 5 nitrogen and oxygen atoms in total. The van der Waals surface area contributed by atoms with E-state index in [1.807, 2.05) is 44.1 Å². The molecule has 0 aliphatic heterocycles. The number of carboxylic acid groups (broad SMARTS) is 1. The third-order valence-corrected chi connectivity index (χ3v) is 2.71. The lowest BCUT2D eigenvalue weighted by Crippen LogP contribution is -2.10. The summed E-state index contributed by atoms with van der Waals surface area (Å²) in [6.07, 6.45) is 0. The molecule has 0 spiro atoms. The molecule has 1 N–H and O–H groups in total. The molecule has 0 fully saturated rings. The first-order valence-electron chi connectivity index (χ1n) is 5.48. The van der Waals surface area contributed by atoms with Gasteiger partial charge in [0.05, 0.1) is 0 Å². The Morgan fingerprint density at radius 1 is 1.39 bits per heavy atom. The molecule has 2 aromatic rings.